The van der Waals surface area contributed by atoms with Crippen molar-refractivity contribution in [3.05, 3.63) is 24.3 Å². The van der Waals surface area contributed by atoms with E-state index >= 15 is 0 Å². The van der Waals surface area contributed by atoms with E-state index in [4.69, 9.17) is 4.74 Å². The number of ether oxygens (including phenoxy) is 1. The van der Waals surface area contributed by atoms with Crippen LogP contribution >= 0.6 is 0 Å². The number of carbonyl (C=O) groups excluding carboxylic acids is 2. The Balaban J connectivity index is 1.81. The third-order valence-corrected chi connectivity index (χ3v) is 5.51. The highest BCUT2D eigenvalue weighted by Gasteiger charge is 2.18. The SMILES string of the molecule is CC(=O)Nc1ccc(S(=O)(=O)NCC(=O)OCC2CCCCC2)cc1. The summed E-state index contributed by atoms with van der Waals surface area (Å²) in [5, 5.41) is 2.55. The molecule has 138 valence electrons. The standard InChI is InChI=1S/C17H24N2O5S/c1-13(20)19-15-7-9-16(10-8-15)25(22,23)18-11-17(21)24-12-14-5-3-2-4-6-14/h7-10,14,18H,2-6,11-12H2,1H3,(H,19,20). The second-order valence-corrected chi connectivity index (χ2v) is 7.98. The zero-order chi connectivity index (χ0) is 18.3. The number of sulfonamides is 1. The molecule has 1 aromatic carbocycles. The first-order chi connectivity index (χ1) is 11.9. The predicted molar refractivity (Wildman–Crippen MR) is 93.5 cm³/mol. The predicted octanol–water partition coefficient (Wildman–Crippen LogP) is 2.05. The molecule has 0 aromatic heterocycles. The van der Waals surface area contributed by atoms with Crippen LogP contribution in [-0.2, 0) is 24.3 Å². The van der Waals surface area contributed by atoms with Gasteiger partial charge in [0.2, 0.25) is 15.9 Å². The fraction of sp³-hybridized carbons (Fsp3) is 0.529. The number of carbonyl (C=O) groups is 2. The number of hydrogen-bond acceptors (Lipinski definition) is 5. The van der Waals surface area contributed by atoms with Crippen molar-refractivity contribution in [2.75, 3.05) is 18.5 Å². The van der Waals surface area contributed by atoms with Crippen molar-refractivity contribution in [2.45, 2.75) is 43.9 Å². The molecule has 25 heavy (non-hydrogen) atoms. The van der Waals surface area contributed by atoms with Crippen molar-refractivity contribution < 1.29 is 22.7 Å². The van der Waals surface area contributed by atoms with Gasteiger partial charge in [-0.05, 0) is 43.0 Å². The normalized spacial score (nSPS) is 15.6. The van der Waals surface area contributed by atoms with E-state index in [9.17, 15) is 18.0 Å². The molecule has 1 fully saturated rings. The van der Waals surface area contributed by atoms with Crippen molar-refractivity contribution in [2.24, 2.45) is 5.92 Å². The van der Waals surface area contributed by atoms with Crippen LogP contribution in [0, 0.1) is 5.92 Å². The molecular formula is C17H24N2O5S. The van der Waals surface area contributed by atoms with Gasteiger partial charge in [0.1, 0.15) is 6.54 Å². The van der Waals surface area contributed by atoms with Crippen LogP contribution in [0.1, 0.15) is 39.0 Å². The van der Waals surface area contributed by atoms with Crippen LogP contribution in [-0.4, -0.2) is 33.4 Å². The van der Waals surface area contributed by atoms with E-state index in [0.717, 1.165) is 25.7 Å². The Morgan fingerprint density at radius 2 is 1.76 bits per heavy atom. The summed E-state index contributed by atoms with van der Waals surface area (Å²) in [5.41, 5.74) is 0.498. The first kappa shape index (κ1) is 19.4. The molecule has 2 N–H and O–H groups in total. The molecule has 7 nitrogen and oxygen atoms in total. The number of nitrogens with one attached hydrogen (secondary N) is 2. The van der Waals surface area contributed by atoms with Crippen molar-refractivity contribution >= 4 is 27.6 Å². The van der Waals surface area contributed by atoms with E-state index in [2.05, 4.69) is 10.0 Å². The molecule has 1 aliphatic carbocycles. The van der Waals surface area contributed by atoms with Crippen LogP contribution < -0.4 is 10.0 Å². The van der Waals surface area contributed by atoms with Crippen molar-refractivity contribution in [3.63, 3.8) is 0 Å². The number of esters is 1. The lowest BCUT2D eigenvalue weighted by Gasteiger charge is -2.21. The van der Waals surface area contributed by atoms with E-state index in [1.54, 1.807) is 0 Å². The highest BCUT2D eigenvalue weighted by Crippen LogP contribution is 2.23. The minimum absolute atomic E-state index is 0.0154. The fourth-order valence-corrected chi connectivity index (χ4v) is 3.74. The summed E-state index contributed by atoms with van der Waals surface area (Å²) < 4.78 is 31.7. The highest BCUT2D eigenvalue weighted by molar-refractivity contribution is 7.89. The molecule has 0 spiro atoms. The zero-order valence-electron chi connectivity index (χ0n) is 14.3. The monoisotopic (exact) mass is 368 g/mol. The van der Waals surface area contributed by atoms with Gasteiger partial charge in [-0.25, -0.2) is 8.42 Å². The van der Waals surface area contributed by atoms with Gasteiger partial charge >= 0.3 is 5.97 Å². The minimum atomic E-state index is -3.81. The summed E-state index contributed by atoms with van der Waals surface area (Å²) in [6, 6.07) is 5.69. The summed E-state index contributed by atoms with van der Waals surface area (Å²) in [6.45, 7) is 1.32. The molecule has 0 radical (unpaired) electrons. The molecule has 2 rings (SSSR count). The lowest BCUT2D eigenvalue weighted by Crippen LogP contribution is -2.31. The number of rotatable bonds is 7. The van der Waals surface area contributed by atoms with Crippen molar-refractivity contribution in [1.82, 2.24) is 4.72 Å². The maximum absolute atomic E-state index is 12.2. The molecule has 0 atom stereocenters. The van der Waals surface area contributed by atoms with Gasteiger partial charge in [0.05, 0.1) is 11.5 Å². The van der Waals surface area contributed by atoms with Gasteiger partial charge in [-0.1, -0.05) is 19.3 Å². The molecule has 0 unspecified atom stereocenters. The van der Waals surface area contributed by atoms with Gasteiger partial charge in [-0.2, -0.15) is 4.72 Å². The van der Waals surface area contributed by atoms with E-state index in [-0.39, 0.29) is 10.8 Å². The summed E-state index contributed by atoms with van der Waals surface area (Å²) in [4.78, 5) is 22.7. The number of hydrogen-bond donors (Lipinski definition) is 2. The quantitative estimate of drug-likeness (QED) is 0.717. The third kappa shape index (κ3) is 6.47. The second-order valence-electron chi connectivity index (χ2n) is 6.22. The molecular weight excluding hydrogens is 344 g/mol. The number of benzene rings is 1. The molecule has 8 heteroatoms. The number of amides is 1. The molecule has 1 saturated carbocycles. The average molecular weight is 368 g/mol. The molecule has 1 aromatic rings. The van der Waals surface area contributed by atoms with Gasteiger partial charge < -0.3 is 10.1 Å². The van der Waals surface area contributed by atoms with Crippen LogP contribution in [0.2, 0.25) is 0 Å². The van der Waals surface area contributed by atoms with E-state index in [1.807, 2.05) is 0 Å². The maximum atomic E-state index is 12.2. The molecule has 1 aliphatic rings. The zero-order valence-corrected chi connectivity index (χ0v) is 15.1. The van der Waals surface area contributed by atoms with Gasteiger partial charge in [-0.15, -0.1) is 0 Å². The lowest BCUT2D eigenvalue weighted by molar-refractivity contribution is -0.143. The average Bonchev–Trinajstić information content (AvgIpc) is 2.59. The molecule has 1 amide bonds. The van der Waals surface area contributed by atoms with Crippen LogP contribution in [0.3, 0.4) is 0 Å². The Morgan fingerprint density at radius 1 is 1.12 bits per heavy atom. The third-order valence-electron chi connectivity index (χ3n) is 4.10. The highest BCUT2D eigenvalue weighted by atomic mass is 32.2. The van der Waals surface area contributed by atoms with Crippen LogP contribution in [0.15, 0.2) is 29.2 Å². The smallest absolute Gasteiger partial charge is 0.321 e. The fourth-order valence-electron chi connectivity index (χ4n) is 2.77. The summed E-state index contributed by atoms with van der Waals surface area (Å²) >= 11 is 0. The first-order valence-corrected chi connectivity index (χ1v) is 9.88. The van der Waals surface area contributed by atoms with E-state index < -0.39 is 22.5 Å². The van der Waals surface area contributed by atoms with Crippen LogP contribution in [0.25, 0.3) is 0 Å². The molecule has 0 bridgehead atoms. The topological polar surface area (TPSA) is 102 Å². The van der Waals surface area contributed by atoms with Crippen LogP contribution in [0.4, 0.5) is 5.69 Å². The number of anilines is 1. The maximum Gasteiger partial charge on any atom is 0.321 e. The van der Waals surface area contributed by atoms with E-state index in [0.29, 0.717) is 18.2 Å². The molecule has 0 heterocycles. The summed E-state index contributed by atoms with van der Waals surface area (Å²) in [6.07, 6.45) is 5.65. The Bertz CT molecular complexity index is 694. The minimum Gasteiger partial charge on any atom is -0.464 e. The Kier molecular flexibility index (Phi) is 6.95. The Hall–Kier alpha value is -1.93. The Morgan fingerprint density at radius 3 is 2.36 bits per heavy atom. The first-order valence-electron chi connectivity index (χ1n) is 8.40. The van der Waals surface area contributed by atoms with Crippen LogP contribution in [0.5, 0.6) is 0 Å². The molecule has 0 aliphatic heterocycles. The van der Waals surface area contributed by atoms with Crippen molar-refractivity contribution in [3.8, 4) is 0 Å². The lowest BCUT2D eigenvalue weighted by atomic mass is 9.90. The van der Waals surface area contributed by atoms with Gasteiger partial charge in [-0.3, -0.25) is 9.59 Å². The van der Waals surface area contributed by atoms with Gasteiger partial charge in [0.15, 0.2) is 0 Å². The molecule has 0 saturated heterocycles. The largest absolute Gasteiger partial charge is 0.464 e. The second kappa shape index (κ2) is 8.96. The van der Waals surface area contributed by atoms with E-state index in [1.165, 1.54) is 37.6 Å². The van der Waals surface area contributed by atoms with Gasteiger partial charge in [0, 0.05) is 12.6 Å². The Labute approximate surface area is 148 Å². The summed E-state index contributed by atoms with van der Waals surface area (Å²) in [5.74, 6) is -0.436. The summed E-state index contributed by atoms with van der Waals surface area (Å²) in [7, 11) is -3.81. The van der Waals surface area contributed by atoms with Gasteiger partial charge in [0.25, 0.3) is 0 Å². The van der Waals surface area contributed by atoms with Crippen molar-refractivity contribution in [1.29, 1.82) is 0 Å².